The van der Waals surface area contributed by atoms with E-state index in [1.54, 1.807) is 0 Å². The summed E-state index contributed by atoms with van der Waals surface area (Å²) in [6.45, 7) is 6.04. The molecule has 23 heavy (non-hydrogen) atoms. The van der Waals surface area contributed by atoms with Gasteiger partial charge in [-0.2, -0.15) is 0 Å². The van der Waals surface area contributed by atoms with Crippen LogP contribution < -0.4 is 0 Å². The first-order chi connectivity index (χ1) is 11.2. The van der Waals surface area contributed by atoms with Gasteiger partial charge in [0.1, 0.15) is 6.29 Å². The lowest BCUT2D eigenvalue weighted by Crippen LogP contribution is -2.32. The summed E-state index contributed by atoms with van der Waals surface area (Å²) in [5.41, 5.74) is 2.58. The Balaban J connectivity index is 2.17. The SMILES string of the molecule is CCCC(C=O)CN(Cc1ccccc1)[C@@H](C)c1ccccc1. The molecule has 2 aromatic rings. The van der Waals surface area contributed by atoms with Crippen molar-refractivity contribution >= 4 is 6.29 Å². The molecule has 0 fully saturated rings. The lowest BCUT2D eigenvalue weighted by atomic mass is 10.0. The highest BCUT2D eigenvalue weighted by atomic mass is 16.1. The number of carbonyl (C=O) groups excluding carboxylic acids is 1. The fourth-order valence-corrected chi connectivity index (χ4v) is 2.99. The Morgan fingerprint density at radius 3 is 2.17 bits per heavy atom. The fraction of sp³-hybridized carbons (Fsp3) is 0.381. The zero-order valence-corrected chi connectivity index (χ0v) is 14.2. The Bertz CT molecular complexity index is 567. The molecule has 0 radical (unpaired) electrons. The standard InChI is InChI=1S/C21H27NO/c1-3-10-20(17-23)16-22(15-19-11-6-4-7-12-19)18(2)21-13-8-5-9-14-21/h4-9,11-14,17-18,20H,3,10,15-16H2,1-2H3/t18-,20?/m0/s1. The molecule has 0 aliphatic carbocycles. The highest BCUT2D eigenvalue weighted by Crippen LogP contribution is 2.24. The van der Waals surface area contributed by atoms with Crippen LogP contribution in [-0.2, 0) is 11.3 Å². The molecule has 0 spiro atoms. The molecule has 0 saturated carbocycles. The third-order valence-corrected chi connectivity index (χ3v) is 4.38. The summed E-state index contributed by atoms with van der Waals surface area (Å²) in [7, 11) is 0. The van der Waals surface area contributed by atoms with Crippen LogP contribution in [0.3, 0.4) is 0 Å². The predicted octanol–water partition coefficient (Wildman–Crippen LogP) is 4.87. The van der Waals surface area contributed by atoms with E-state index >= 15 is 0 Å². The monoisotopic (exact) mass is 309 g/mol. The van der Waals surface area contributed by atoms with E-state index in [1.807, 2.05) is 12.1 Å². The number of rotatable bonds is 9. The normalized spacial score (nSPS) is 13.7. The first-order valence-corrected chi connectivity index (χ1v) is 8.52. The van der Waals surface area contributed by atoms with Crippen LogP contribution in [0.4, 0.5) is 0 Å². The van der Waals surface area contributed by atoms with Gasteiger partial charge in [0, 0.05) is 25.0 Å². The van der Waals surface area contributed by atoms with Gasteiger partial charge in [0.05, 0.1) is 0 Å². The molecule has 2 atom stereocenters. The van der Waals surface area contributed by atoms with Crippen LogP contribution in [0.2, 0.25) is 0 Å². The highest BCUT2D eigenvalue weighted by molar-refractivity contribution is 5.53. The van der Waals surface area contributed by atoms with Crippen molar-refractivity contribution < 1.29 is 4.79 Å². The van der Waals surface area contributed by atoms with Crippen molar-refractivity contribution in [3.05, 3.63) is 71.8 Å². The molecule has 0 N–H and O–H groups in total. The summed E-state index contributed by atoms with van der Waals surface area (Å²) in [5, 5.41) is 0. The second kappa shape index (κ2) is 9.26. The number of hydrogen-bond donors (Lipinski definition) is 0. The lowest BCUT2D eigenvalue weighted by Gasteiger charge is -2.31. The van der Waals surface area contributed by atoms with E-state index in [9.17, 15) is 4.79 Å². The van der Waals surface area contributed by atoms with E-state index < -0.39 is 0 Å². The number of aldehydes is 1. The Hall–Kier alpha value is -1.93. The highest BCUT2D eigenvalue weighted by Gasteiger charge is 2.20. The summed E-state index contributed by atoms with van der Waals surface area (Å²) >= 11 is 0. The van der Waals surface area contributed by atoms with Crippen molar-refractivity contribution in [3.63, 3.8) is 0 Å². The minimum absolute atomic E-state index is 0.106. The Morgan fingerprint density at radius 2 is 1.61 bits per heavy atom. The maximum atomic E-state index is 11.4. The van der Waals surface area contributed by atoms with Crippen molar-refractivity contribution in [1.82, 2.24) is 4.90 Å². The van der Waals surface area contributed by atoms with Crippen LogP contribution in [0.5, 0.6) is 0 Å². The minimum atomic E-state index is 0.106. The summed E-state index contributed by atoms with van der Waals surface area (Å²) in [4.78, 5) is 13.8. The molecule has 0 aliphatic rings. The summed E-state index contributed by atoms with van der Waals surface area (Å²) in [6.07, 6.45) is 3.12. The van der Waals surface area contributed by atoms with Crippen molar-refractivity contribution in [2.24, 2.45) is 5.92 Å². The number of benzene rings is 2. The maximum absolute atomic E-state index is 11.4. The molecule has 2 aromatic carbocycles. The van der Waals surface area contributed by atoms with Gasteiger partial charge in [-0.25, -0.2) is 0 Å². The minimum Gasteiger partial charge on any atom is -0.303 e. The van der Waals surface area contributed by atoms with Gasteiger partial charge in [0.2, 0.25) is 0 Å². The van der Waals surface area contributed by atoms with E-state index in [-0.39, 0.29) is 12.0 Å². The summed E-state index contributed by atoms with van der Waals surface area (Å²) < 4.78 is 0. The van der Waals surface area contributed by atoms with Gasteiger partial charge >= 0.3 is 0 Å². The van der Waals surface area contributed by atoms with Crippen LogP contribution in [0.25, 0.3) is 0 Å². The molecule has 2 rings (SSSR count). The van der Waals surface area contributed by atoms with Gasteiger partial charge in [-0.05, 0) is 24.5 Å². The van der Waals surface area contributed by atoms with Crippen molar-refractivity contribution in [3.8, 4) is 0 Å². The van der Waals surface area contributed by atoms with Crippen molar-refractivity contribution in [2.45, 2.75) is 39.3 Å². The average Bonchev–Trinajstić information content (AvgIpc) is 2.61. The van der Waals surface area contributed by atoms with E-state index in [4.69, 9.17) is 0 Å². The van der Waals surface area contributed by atoms with E-state index in [2.05, 4.69) is 67.3 Å². The largest absolute Gasteiger partial charge is 0.303 e. The third kappa shape index (κ3) is 5.33. The molecular weight excluding hydrogens is 282 g/mol. The smallest absolute Gasteiger partial charge is 0.124 e. The molecular formula is C21H27NO. The van der Waals surface area contributed by atoms with Crippen LogP contribution in [0.1, 0.15) is 43.9 Å². The number of nitrogens with zero attached hydrogens (tertiary/aromatic N) is 1. The van der Waals surface area contributed by atoms with Gasteiger partial charge in [-0.1, -0.05) is 74.0 Å². The average molecular weight is 309 g/mol. The van der Waals surface area contributed by atoms with Crippen LogP contribution in [-0.4, -0.2) is 17.7 Å². The molecule has 2 heteroatoms. The van der Waals surface area contributed by atoms with Gasteiger partial charge in [0.25, 0.3) is 0 Å². The fourth-order valence-electron chi connectivity index (χ4n) is 2.99. The van der Waals surface area contributed by atoms with E-state index in [0.717, 1.165) is 32.2 Å². The zero-order chi connectivity index (χ0) is 16.5. The second-order valence-electron chi connectivity index (χ2n) is 6.19. The molecule has 0 amide bonds. The quantitative estimate of drug-likeness (QED) is 0.616. The van der Waals surface area contributed by atoms with Gasteiger partial charge < -0.3 is 4.79 Å². The summed E-state index contributed by atoms with van der Waals surface area (Å²) in [6, 6.07) is 21.3. The first kappa shape index (κ1) is 17.4. The molecule has 1 unspecified atom stereocenters. The zero-order valence-electron chi connectivity index (χ0n) is 14.2. The molecule has 122 valence electrons. The van der Waals surface area contributed by atoms with E-state index in [0.29, 0.717) is 0 Å². The first-order valence-electron chi connectivity index (χ1n) is 8.52. The molecule has 0 saturated heterocycles. The van der Waals surface area contributed by atoms with Gasteiger partial charge in [-0.3, -0.25) is 4.90 Å². The Morgan fingerprint density at radius 1 is 1.00 bits per heavy atom. The molecule has 2 nitrogen and oxygen atoms in total. The number of hydrogen-bond acceptors (Lipinski definition) is 2. The van der Waals surface area contributed by atoms with E-state index in [1.165, 1.54) is 11.1 Å². The Kier molecular flexibility index (Phi) is 7.02. The molecule has 0 bridgehead atoms. The van der Waals surface area contributed by atoms with Gasteiger partial charge in [0.15, 0.2) is 0 Å². The van der Waals surface area contributed by atoms with Gasteiger partial charge in [-0.15, -0.1) is 0 Å². The lowest BCUT2D eigenvalue weighted by molar-refractivity contribution is -0.112. The molecule has 0 heterocycles. The van der Waals surface area contributed by atoms with Crippen LogP contribution in [0.15, 0.2) is 60.7 Å². The second-order valence-corrected chi connectivity index (χ2v) is 6.19. The number of carbonyl (C=O) groups is 1. The van der Waals surface area contributed by atoms with Crippen molar-refractivity contribution in [2.75, 3.05) is 6.54 Å². The summed E-state index contributed by atoms with van der Waals surface area (Å²) in [5.74, 6) is 0.106. The third-order valence-electron chi connectivity index (χ3n) is 4.38. The van der Waals surface area contributed by atoms with Crippen LogP contribution in [0, 0.1) is 5.92 Å². The molecule has 0 aliphatic heterocycles. The van der Waals surface area contributed by atoms with Crippen molar-refractivity contribution in [1.29, 1.82) is 0 Å². The molecule has 0 aromatic heterocycles. The topological polar surface area (TPSA) is 20.3 Å². The Labute approximate surface area is 140 Å². The van der Waals surface area contributed by atoms with Crippen LogP contribution >= 0.6 is 0 Å². The predicted molar refractivity (Wildman–Crippen MR) is 96.2 cm³/mol. The maximum Gasteiger partial charge on any atom is 0.124 e.